The Kier molecular flexibility index (Phi) is 6.50. The van der Waals surface area contributed by atoms with Crippen LogP contribution in [-0.2, 0) is 16.6 Å². The van der Waals surface area contributed by atoms with Crippen molar-refractivity contribution in [2.24, 2.45) is 11.8 Å². The first-order valence-corrected chi connectivity index (χ1v) is 12.6. The molecule has 1 aliphatic heterocycles. The number of ether oxygens (including phenoxy) is 1. The Morgan fingerprint density at radius 1 is 1.15 bits per heavy atom. The van der Waals surface area contributed by atoms with Crippen LogP contribution in [0.2, 0.25) is 0 Å². The molecule has 2 heterocycles. The second-order valence-electron chi connectivity index (χ2n) is 8.98. The molecule has 8 heteroatoms. The zero-order valence-corrected chi connectivity index (χ0v) is 20.2. The smallest absolute Gasteiger partial charge is 0.287 e. The molecule has 33 heavy (non-hydrogen) atoms. The summed E-state index contributed by atoms with van der Waals surface area (Å²) >= 11 is 0. The molecular formula is C25H30N2O5S. The van der Waals surface area contributed by atoms with Gasteiger partial charge in [0, 0.05) is 36.1 Å². The minimum Gasteiger partial charge on any atom is -0.496 e. The Labute approximate surface area is 194 Å². The molecule has 0 aliphatic carbocycles. The van der Waals surface area contributed by atoms with Crippen molar-refractivity contribution in [1.82, 2.24) is 9.62 Å². The first-order valence-electron chi connectivity index (χ1n) is 11.1. The van der Waals surface area contributed by atoms with E-state index in [-0.39, 0.29) is 23.1 Å². The lowest BCUT2D eigenvalue weighted by molar-refractivity contribution is 0.0924. The molecule has 0 bridgehead atoms. The fourth-order valence-corrected chi connectivity index (χ4v) is 6.34. The van der Waals surface area contributed by atoms with Gasteiger partial charge >= 0.3 is 0 Å². The Balaban J connectivity index is 1.58. The van der Waals surface area contributed by atoms with Gasteiger partial charge < -0.3 is 14.5 Å². The van der Waals surface area contributed by atoms with Gasteiger partial charge in [-0.15, -0.1) is 0 Å². The summed E-state index contributed by atoms with van der Waals surface area (Å²) in [5.74, 6) is 1.14. The molecule has 0 unspecified atom stereocenters. The molecule has 3 aromatic rings. The van der Waals surface area contributed by atoms with Gasteiger partial charge in [-0.1, -0.05) is 32.0 Å². The number of hydrogen-bond acceptors (Lipinski definition) is 5. The number of amides is 1. The third kappa shape index (κ3) is 4.63. The highest BCUT2D eigenvalue weighted by atomic mass is 32.2. The van der Waals surface area contributed by atoms with E-state index in [0.29, 0.717) is 47.2 Å². The molecule has 1 N–H and O–H groups in total. The van der Waals surface area contributed by atoms with Crippen LogP contribution in [0.4, 0.5) is 0 Å². The highest BCUT2D eigenvalue weighted by Crippen LogP contribution is 2.31. The van der Waals surface area contributed by atoms with Gasteiger partial charge in [-0.3, -0.25) is 4.79 Å². The number of fused-ring (bicyclic) bond motifs is 1. The van der Waals surface area contributed by atoms with E-state index in [1.54, 1.807) is 36.5 Å². The molecule has 4 rings (SSSR count). The number of benzene rings is 2. The number of nitrogens with zero attached hydrogens (tertiary/aromatic N) is 1. The van der Waals surface area contributed by atoms with Gasteiger partial charge in [0.15, 0.2) is 5.76 Å². The maximum Gasteiger partial charge on any atom is 0.287 e. The van der Waals surface area contributed by atoms with Gasteiger partial charge in [0.1, 0.15) is 11.3 Å². The summed E-state index contributed by atoms with van der Waals surface area (Å²) in [6.07, 6.45) is 1.03. The number of nitrogens with one attached hydrogen (secondary N) is 1. The zero-order valence-electron chi connectivity index (χ0n) is 19.4. The quantitative estimate of drug-likeness (QED) is 0.579. The first-order chi connectivity index (χ1) is 15.7. The number of methoxy groups -OCH3 is 1. The second kappa shape index (κ2) is 9.19. The largest absolute Gasteiger partial charge is 0.496 e. The molecule has 1 aliphatic rings. The van der Waals surface area contributed by atoms with Gasteiger partial charge in [0.05, 0.1) is 12.0 Å². The van der Waals surface area contributed by atoms with Crippen molar-refractivity contribution in [3.8, 4) is 5.75 Å². The standard InChI is InChI=1S/C25H30N2O5S/c1-16-11-17(2)15-27(14-16)33(29,30)20-9-10-23-21(12-20)18(3)24(32-23)25(28)26-13-19-7-5-6-8-22(19)31-4/h5-10,12,16-17H,11,13-15H2,1-4H3,(H,26,28)/t16-,17-/m0/s1. The Bertz CT molecular complexity index is 1270. The molecule has 1 fully saturated rings. The Hall–Kier alpha value is -2.84. The van der Waals surface area contributed by atoms with E-state index in [4.69, 9.17) is 9.15 Å². The molecular weight excluding hydrogens is 440 g/mol. The van der Waals surface area contributed by atoms with Crippen molar-refractivity contribution in [1.29, 1.82) is 0 Å². The van der Waals surface area contributed by atoms with E-state index >= 15 is 0 Å². The second-order valence-corrected chi connectivity index (χ2v) is 10.9. The molecule has 1 aromatic heterocycles. The van der Waals surface area contributed by atoms with Gasteiger partial charge in [0.25, 0.3) is 5.91 Å². The maximum atomic E-state index is 13.3. The number of aryl methyl sites for hydroxylation is 1. The van der Waals surface area contributed by atoms with E-state index in [9.17, 15) is 13.2 Å². The third-order valence-corrected chi connectivity index (χ3v) is 8.05. The number of hydrogen-bond donors (Lipinski definition) is 1. The predicted molar refractivity (Wildman–Crippen MR) is 127 cm³/mol. The van der Waals surface area contributed by atoms with Crippen molar-refractivity contribution in [3.05, 3.63) is 59.4 Å². The van der Waals surface area contributed by atoms with Gasteiger partial charge in [-0.25, -0.2) is 8.42 Å². The highest BCUT2D eigenvalue weighted by molar-refractivity contribution is 7.89. The van der Waals surface area contributed by atoms with Crippen LogP contribution in [0.25, 0.3) is 11.0 Å². The van der Waals surface area contributed by atoms with E-state index in [0.717, 1.165) is 12.0 Å². The molecule has 1 saturated heterocycles. The maximum absolute atomic E-state index is 13.3. The van der Waals surface area contributed by atoms with Crippen LogP contribution < -0.4 is 10.1 Å². The number of carbonyl (C=O) groups excluding carboxylic acids is 1. The zero-order chi connectivity index (χ0) is 23.8. The van der Waals surface area contributed by atoms with E-state index < -0.39 is 10.0 Å². The third-order valence-electron chi connectivity index (χ3n) is 6.22. The van der Waals surface area contributed by atoms with Crippen LogP contribution in [0.3, 0.4) is 0 Å². The van der Waals surface area contributed by atoms with Crippen molar-refractivity contribution in [3.63, 3.8) is 0 Å². The summed E-state index contributed by atoms with van der Waals surface area (Å²) in [5.41, 5.74) is 1.94. The van der Waals surface area contributed by atoms with Crippen molar-refractivity contribution < 1.29 is 22.4 Å². The van der Waals surface area contributed by atoms with Crippen LogP contribution in [0, 0.1) is 18.8 Å². The summed E-state index contributed by atoms with van der Waals surface area (Å²) < 4.78 is 39.3. The van der Waals surface area contributed by atoms with Crippen LogP contribution >= 0.6 is 0 Å². The molecule has 7 nitrogen and oxygen atoms in total. The molecule has 2 atom stereocenters. The highest BCUT2D eigenvalue weighted by Gasteiger charge is 2.32. The van der Waals surface area contributed by atoms with E-state index in [2.05, 4.69) is 19.2 Å². The number of rotatable bonds is 6. The fraction of sp³-hybridized carbons (Fsp3) is 0.400. The normalized spacial score (nSPS) is 19.5. The van der Waals surface area contributed by atoms with E-state index in [1.165, 1.54) is 0 Å². The molecule has 0 saturated carbocycles. The van der Waals surface area contributed by atoms with Crippen LogP contribution in [0.15, 0.2) is 51.8 Å². The van der Waals surface area contributed by atoms with Crippen molar-refractivity contribution >= 4 is 26.9 Å². The lowest BCUT2D eigenvalue weighted by atomic mass is 9.94. The lowest BCUT2D eigenvalue weighted by Gasteiger charge is -2.34. The van der Waals surface area contributed by atoms with Crippen molar-refractivity contribution in [2.45, 2.75) is 38.6 Å². The van der Waals surface area contributed by atoms with Crippen molar-refractivity contribution in [2.75, 3.05) is 20.2 Å². The number of para-hydroxylation sites is 1. The summed E-state index contributed by atoms with van der Waals surface area (Å²) in [5, 5.41) is 3.48. The SMILES string of the molecule is COc1ccccc1CNC(=O)c1oc2ccc(S(=O)(=O)N3C[C@@H](C)C[C@H](C)C3)cc2c1C. The minimum atomic E-state index is -3.62. The predicted octanol–water partition coefficient (Wildman–Crippen LogP) is 4.35. The van der Waals surface area contributed by atoms with Crippen LogP contribution in [0.5, 0.6) is 5.75 Å². The lowest BCUT2D eigenvalue weighted by Crippen LogP contribution is -2.42. The first kappa shape index (κ1) is 23.3. The minimum absolute atomic E-state index is 0.176. The van der Waals surface area contributed by atoms with Crippen LogP contribution in [-0.4, -0.2) is 38.8 Å². The number of sulfonamides is 1. The van der Waals surface area contributed by atoms with Gasteiger partial charge in [0.2, 0.25) is 10.0 Å². The number of piperidine rings is 1. The summed E-state index contributed by atoms with van der Waals surface area (Å²) in [7, 11) is -2.04. The fourth-order valence-electron chi connectivity index (χ4n) is 4.63. The van der Waals surface area contributed by atoms with E-state index in [1.807, 2.05) is 24.3 Å². The molecule has 0 spiro atoms. The number of carbonyl (C=O) groups is 1. The Morgan fingerprint density at radius 3 is 2.55 bits per heavy atom. The topological polar surface area (TPSA) is 88.8 Å². The molecule has 2 aromatic carbocycles. The van der Waals surface area contributed by atoms with Gasteiger partial charge in [-0.05, 0) is 49.4 Å². The molecule has 0 radical (unpaired) electrons. The molecule has 1 amide bonds. The number of furan rings is 1. The summed E-state index contributed by atoms with van der Waals surface area (Å²) in [6, 6.07) is 12.3. The van der Waals surface area contributed by atoms with Crippen LogP contribution in [0.1, 0.15) is 41.9 Å². The molecule has 176 valence electrons. The average molecular weight is 471 g/mol. The van der Waals surface area contributed by atoms with Gasteiger partial charge in [-0.2, -0.15) is 4.31 Å². The average Bonchev–Trinajstić information content (AvgIpc) is 3.13. The summed E-state index contributed by atoms with van der Waals surface area (Å²) in [4.78, 5) is 13.1. The Morgan fingerprint density at radius 2 is 1.85 bits per heavy atom. The monoisotopic (exact) mass is 470 g/mol. The summed E-state index contributed by atoms with van der Waals surface area (Å²) in [6.45, 7) is 7.25.